The molecule has 0 amide bonds. The van der Waals surface area contributed by atoms with Crippen molar-refractivity contribution in [2.45, 2.75) is 12.8 Å². The maximum atomic E-state index is 6.66. The van der Waals surface area contributed by atoms with Crippen LogP contribution in [0.2, 0.25) is 0 Å². The van der Waals surface area contributed by atoms with Gasteiger partial charge in [0.1, 0.15) is 16.4 Å². The van der Waals surface area contributed by atoms with Gasteiger partial charge in [0.05, 0.1) is 29.1 Å². The van der Waals surface area contributed by atoms with Crippen LogP contribution < -0.4 is 11.1 Å². The molecule has 0 fully saturated rings. The van der Waals surface area contributed by atoms with E-state index in [2.05, 4.69) is 34.6 Å². The number of thiophene rings is 1. The Bertz CT molecular complexity index is 1250. The van der Waals surface area contributed by atoms with Crippen molar-refractivity contribution < 1.29 is 4.42 Å². The molecule has 0 saturated heterocycles. The Morgan fingerprint density at radius 1 is 1.11 bits per heavy atom. The van der Waals surface area contributed by atoms with Crippen molar-refractivity contribution in [3.05, 3.63) is 58.7 Å². The van der Waals surface area contributed by atoms with Gasteiger partial charge in [-0.15, -0.1) is 11.3 Å². The first-order chi connectivity index (χ1) is 13.8. The summed E-state index contributed by atoms with van der Waals surface area (Å²) in [5, 5.41) is 4.33. The quantitative estimate of drug-likeness (QED) is 0.540. The Kier molecular flexibility index (Phi) is 3.37. The Hall–Kier alpha value is -3.12. The molecule has 6 heteroatoms. The Morgan fingerprint density at radius 2 is 2.04 bits per heavy atom. The van der Waals surface area contributed by atoms with E-state index >= 15 is 0 Å². The molecule has 4 aromatic rings. The van der Waals surface area contributed by atoms with Crippen LogP contribution in [0.4, 0.5) is 5.69 Å². The first-order valence-corrected chi connectivity index (χ1v) is 10.3. The highest BCUT2D eigenvalue weighted by atomic mass is 32.1. The summed E-state index contributed by atoms with van der Waals surface area (Å²) >= 11 is 1.61. The van der Waals surface area contributed by atoms with Crippen molar-refractivity contribution in [1.82, 2.24) is 10.3 Å². The number of aryl methyl sites for hydroxylation is 1. The van der Waals surface area contributed by atoms with Crippen molar-refractivity contribution in [2.75, 3.05) is 18.8 Å². The number of hydrogen-bond donors (Lipinski definition) is 2. The fourth-order valence-corrected chi connectivity index (χ4v) is 5.39. The number of hydrogen-bond acceptors (Lipinski definition) is 6. The van der Waals surface area contributed by atoms with Crippen molar-refractivity contribution in [2.24, 2.45) is 4.99 Å². The van der Waals surface area contributed by atoms with Gasteiger partial charge in [0, 0.05) is 23.1 Å². The fraction of sp³-hybridized carbons (Fsp3) is 0.182. The van der Waals surface area contributed by atoms with Crippen LogP contribution in [0.5, 0.6) is 0 Å². The molecule has 3 aromatic heterocycles. The lowest BCUT2D eigenvalue weighted by Crippen LogP contribution is -2.19. The van der Waals surface area contributed by atoms with E-state index in [1.807, 2.05) is 12.1 Å². The fourth-order valence-electron chi connectivity index (χ4n) is 4.30. The highest BCUT2D eigenvalue weighted by Crippen LogP contribution is 2.46. The lowest BCUT2D eigenvalue weighted by molar-refractivity contribution is 0.582. The smallest absolute Gasteiger partial charge is 0.140 e. The predicted molar refractivity (Wildman–Crippen MR) is 114 cm³/mol. The lowest BCUT2D eigenvalue weighted by atomic mass is 9.85. The minimum absolute atomic E-state index is 0.744. The summed E-state index contributed by atoms with van der Waals surface area (Å²) in [7, 11) is 0. The van der Waals surface area contributed by atoms with Gasteiger partial charge in [0.25, 0.3) is 0 Å². The van der Waals surface area contributed by atoms with Crippen molar-refractivity contribution in [3.63, 3.8) is 0 Å². The van der Waals surface area contributed by atoms with Gasteiger partial charge < -0.3 is 15.5 Å². The number of fused-ring (bicyclic) bond motifs is 4. The Morgan fingerprint density at radius 3 is 2.86 bits per heavy atom. The van der Waals surface area contributed by atoms with E-state index in [1.165, 1.54) is 16.7 Å². The minimum atomic E-state index is 0.744. The minimum Gasteiger partial charge on any atom is -0.464 e. The predicted octanol–water partition coefficient (Wildman–Crippen LogP) is 4.25. The number of nitrogens with two attached hydrogens (primary N) is 1. The van der Waals surface area contributed by atoms with Gasteiger partial charge in [0.2, 0.25) is 0 Å². The second-order valence-electron chi connectivity index (χ2n) is 7.13. The maximum Gasteiger partial charge on any atom is 0.140 e. The molecule has 1 aliphatic heterocycles. The molecule has 5 nitrogen and oxygen atoms in total. The molecular weight excluding hydrogens is 368 g/mol. The third-order valence-corrected chi connectivity index (χ3v) is 6.66. The molecule has 6 rings (SSSR count). The van der Waals surface area contributed by atoms with Crippen LogP contribution in [-0.2, 0) is 12.8 Å². The molecule has 0 bridgehead atoms. The summed E-state index contributed by atoms with van der Waals surface area (Å²) in [6, 6.07) is 12.5. The van der Waals surface area contributed by atoms with Crippen molar-refractivity contribution in [3.8, 4) is 22.6 Å². The molecule has 0 atom stereocenters. The molecule has 0 radical (unpaired) electrons. The molecule has 2 aliphatic rings. The van der Waals surface area contributed by atoms with E-state index in [0.29, 0.717) is 0 Å². The standard InChI is InChI=1S/C22H18N4OS/c23-18-17-16(15-6-3-11-27-15)14-8-7-12-4-1-2-5-13(12)19(14)26-22(17)28-20(18)21-24-9-10-25-21/h1-6,11H,7-10,23H2,(H,24,25). The van der Waals surface area contributed by atoms with Gasteiger partial charge in [-0.05, 0) is 36.1 Å². The van der Waals surface area contributed by atoms with E-state index in [9.17, 15) is 0 Å². The largest absolute Gasteiger partial charge is 0.464 e. The Labute approximate surface area is 165 Å². The molecule has 3 N–H and O–H groups in total. The van der Waals surface area contributed by atoms with E-state index in [4.69, 9.17) is 15.1 Å². The zero-order chi connectivity index (χ0) is 18.7. The number of furan rings is 1. The van der Waals surface area contributed by atoms with Gasteiger partial charge >= 0.3 is 0 Å². The molecule has 0 saturated carbocycles. The number of aliphatic imine (C=N–C) groups is 1. The SMILES string of the molecule is Nc1c(C2=NCCN2)sc2nc3c(c(-c4ccco4)c12)CCc1ccccc1-3. The number of anilines is 1. The first-order valence-electron chi connectivity index (χ1n) is 9.47. The normalized spacial score (nSPS) is 15.2. The third kappa shape index (κ3) is 2.18. The maximum absolute atomic E-state index is 6.66. The molecule has 1 aromatic carbocycles. The van der Waals surface area contributed by atoms with Gasteiger partial charge in [-0.3, -0.25) is 4.99 Å². The summed E-state index contributed by atoms with van der Waals surface area (Å²) in [6.07, 6.45) is 3.64. The molecule has 4 heterocycles. The summed E-state index contributed by atoms with van der Waals surface area (Å²) in [4.78, 5) is 11.6. The van der Waals surface area contributed by atoms with Gasteiger partial charge in [-0.25, -0.2) is 4.98 Å². The van der Waals surface area contributed by atoms with Crippen LogP contribution >= 0.6 is 11.3 Å². The summed E-state index contributed by atoms with van der Waals surface area (Å²) < 4.78 is 5.85. The van der Waals surface area contributed by atoms with E-state index in [1.54, 1.807) is 17.6 Å². The molecule has 0 spiro atoms. The number of amidine groups is 1. The summed E-state index contributed by atoms with van der Waals surface area (Å²) in [5.74, 6) is 1.73. The van der Waals surface area contributed by atoms with Crippen molar-refractivity contribution in [1.29, 1.82) is 0 Å². The highest BCUT2D eigenvalue weighted by molar-refractivity contribution is 7.21. The first kappa shape index (κ1) is 15.9. The van der Waals surface area contributed by atoms with Crippen LogP contribution in [0.1, 0.15) is 16.0 Å². The van der Waals surface area contributed by atoms with Gasteiger partial charge in [0.15, 0.2) is 0 Å². The number of nitrogens with zero attached hydrogens (tertiary/aromatic N) is 2. The molecule has 138 valence electrons. The third-order valence-electron chi connectivity index (χ3n) is 5.55. The second-order valence-corrected chi connectivity index (χ2v) is 8.13. The Balaban J connectivity index is 1.72. The average molecular weight is 386 g/mol. The lowest BCUT2D eigenvalue weighted by Gasteiger charge is -2.21. The topological polar surface area (TPSA) is 76.4 Å². The monoisotopic (exact) mass is 386 g/mol. The molecule has 1 aliphatic carbocycles. The van der Waals surface area contributed by atoms with E-state index in [0.717, 1.165) is 69.6 Å². The number of rotatable bonds is 2. The zero-order valence-electron chi connectivity index (χ0n) is 15.2. The molecular formula is C22H18N4OS. The van der Waals surface area contributed by atoms with E-state index in [-0.39, 0.29) is 0 Å². The number of nitrogen functional groups attached to an aromatic ring is 1. The molecule has 0 unspecified atom stereocenters. The highest BCUT2D eigenvalue weighted by Gasteiger charge is 2.28. The van der Waals surface area contributed by atoms with Gasteiger partial charge in [-0.1, -0.05) is 24.3 Å². The number of benzene rings is 1. The van der Waals surface area contributed by atoms with Crippen LogP contribution in [0.15, 0.2) is 52.1 Å². The van der Waals surface area contributed by atoms with Crippen LogP contribution in [0, 0.1) is 0 Å². The summed E-state index contributed by atoms with van der Waals surface area (Å²) in [6.45, 7) is 1.64. The van der Waals surface area contributed by atoms with Crippen LogP contribution in [0.3, 0.4) is 0 Å². The number of aromatic nitrogens is 1. The van der Waals surface area contributed by atoms with Gasteiger partial charge in [-0.2, -0.15) is 0 Å². The van der Waals surface area contributed by atoms with E-state index < -0.39 is 0 Å². The van der Waals surface area contributed by atoms with Crippen molar-refractivity contribution >= 4 is 33.1 Å². The second kappa shape index (κ2) is 5.94. The summed E-state index contributed by atoms with van der Waals surface area (Å²) in [5.41, 5.74) is 13.3. The van der Waals surface area contributed by atoms with Crippen LogP contribution in [0.25, 0.3) is 32.8 Å². The number of pyridine rings is 1. The zero-order valence-corrected chi connectivity index (χ0v) is 16.0. The van der Waals surface area contributed by atoms with Crippen LogP contribution in [-0.4, -0.2) is 23.9 Å². The number of nitrogens with one attached hydrogen (secondary N) is 1. The average Bonchev–Trinajstić information content (AvgIpc) is 3.48. The molecule has 28 heavy (non-hydrogen) atoms.